The molecule has 4 rings (SSSR count). The number of hydrogen-bond acceptors (Lipinski definition) is 6. The van der Waals surface area contributed by atoms with Gasteiger partial charge in [0, 0.05) is 24.2 Å². The molecule has 0 bridgehead atoms. The van der Waals surface area contributed by atoms with E-state index in [9.17, 15) is 19.5 Å². The van der Waals surface area contributed by atoms with Crippen molar-refractivity contribution >= 4 is 18.0 Å². The van der Waals surface area contributed by atoms with Gasteiger partial charge in [0.1, 0.15) is 18.7 Å². The molecule has 2 aromatic carbocycles. The summed E-state index contributed by atoms with van der Waals surface area (Å²) in [5.41, 5.74) is 4.83. The summed E-state index contributed by atoms with van der Waals surface area (Å²) in [6, 6.07) is 13.2. The van der Waals surface area contributed by atoms with E-state index in [1.165, 1.54) is 12.5 Å². The van der Waals surface area contributed by atoms with E-state index in [1.54, 1.807) is 0 Å². The second-order valence-corrected chi connectivity index (χ2v) is 7.89. The highest BCUT2D eigenvalue weighted by molar-refractivity contribution is 5.89. The zero-order chi connectivity index (χ0) is 24.1. The molecular weight excluding hydrogens is 440 g/mol. The Bertz CT molecular complexity index is 1130. The summed E-state index contributed by atoms with van der Waals surface area (Å²) in [7, 11) is 0. The predicted molar refractivity (Wildman–Crippen MR) is 121 cm³/mol. The van der Waals surface area contributed by atoms with Crippen molar-refractivity contribution in [2.45, 2.75) is 24.4 Å². The number of carboxylic acid groups (broad SMARTS) is 1. The average Bonchev–Trinajstić information content (AvgIpc) is 3.46. The molecule has 0 fully saturated rings. The number of aromatic nitrogens is 2. The molecule has 0 saturated carbocycles. The molecule has 0 unspecified atom stereocenters. The number of alkyl carbamates (subject to hydrolysis) is 1. The molecular formula is C24H24N4O6. The number of carbonyl (C=O) groups is 3. The number of aromatic amines is 1. The minimum Gasteiger partial charge on any atom is -0.480 e. The summed E-state index contributed by atoms with van der Waals surface area (Å²) in [4.78, 5) is 43.2. The van der Waals surface area contributed by atoms with Gasteiger partial charge in [0.25, 0.3) is 0 Å². The van der Waals surface area contributed by atoms with Gasteiger partial charge in [-0.3, -0.25) is 4.79 Å². The summed E-state index contributed by atoms with van der Waals surface area (Å²) >= 11 is 0. The Hall–Kier alpha value is -4.18. The van der Waals surface area contributed by atoms with Crippen LogP contribution in [-0.4, -0.2) is 63.4 Å². The number of hydrogen-bond donors (Lipinski definition) is 5. The lowest BCUT2D eigenvalue weighted by Crippen LogP contribution is -2.53. The second kappa shape index (κ2) is 10.2. The van der Waals surface area contributed by atoms with Crippen LogP contribution < -0.4 is 10.6 Å². The Morgan fingerprint density at radius 1 is 1.00 bits per heavy atom. The highest BCUT2D eigenvalue weighted by Crippen LogP contribution is 2.44. The van der Waals surface area contributed by atoms with Gasteiger partial charge in [-0.1, -0.05) is 48.5 Å². The van der Waals surface area contributed by atoms with Crippen molar-refractivity contribution in [2.24, 2.45) is 0 Å². The van der Waals surface area contributed by atoms with E-state index in [0.717, 1.165) is 22.3 Å². The Labute approximate surface area is 195 Å². The van der Waals surface area contributed by atoms with Crippen LogP contribution in [0, 0.1) is 0 Å². The number of ether oxygens (including phenoxy) is 1. The molecule has 10 heteroatoms. The van der Waals surface area contributed by atoms with Crippen molar-refractivity contribution in [1.29, 1.82) is 0 Å². The molecule has 1 heterocycles. The van der Waals surface area contributed by atoms with Crippen molar-refractivity contribution in [1.82, 2.24) is 20.6 Å². The maximum atomic E-state index is 12.7. The number of carbonyl (C=O) groups excluding carboxylic acids is 2. The van der Waals surface area contributed by atoms with Crippen molar-refractivity contribution in [3.63, 3.8) is 0 Å². The number of amides is 2. The fourth-order valence-corrected chi connectivity index (χ4v) is 4.07. The Balaban J connectivity index is 1.45. The lowest BCUT2D eigenvalue weighted by Gasteiger charge is -2.21. The summed E-state index contributed by atoms with van der Waals surface area (Å²) < 4.78 is 5.50. The SMILES string of the molecule is O=C(N[C@H](Cc1cnc[nH]1)C(=O)N[C@@H](CO)C(=O)O)OCC1c2ccccc2-c2ccccc21. The number of nitrogens with zero attached hydrogens (tertiary/aromatic N) is 1. The highest BCUT2D eigenvalue weighted by Gasteiger charge is 2.31. The fourth-order valence-electron chi connectivity index (χ4n) is 4.07. The van der Waals surface area contributed by atoms with E-state index < -0.39 is 36.7 Å². The summed E-state index contributed by atoms with van der Waals surface area (Å²) in [5.74, 6) is -2.31. The lowest BCUT2D eigenvalue weighted by molar-refractivity contribution is -0.143. The first kappa shape index (κ1) is 23.0. The number of rotatable bonds is 9. The van der Waals surface area contributed by atoms with Gasteiger partial charge in [-0.25, -0.2) is 14.6 Å². The van der Waals surface area contributed by atoms with Crippen LogP contribution in [0.5, 0.6) is 0 Å². The van der Waals surface area contributed by atoms with Crippen molar-refractivity contribution in [3.8, 4) is 11.1 Å². The first-order valence-electron chi connectivity index (χ1n) is 10.7. The molecule has 5 N–H and O–H groups in total. The largest absolute Gasteiger partial charge is 0.480 e. The average molecular weight is 464 g/mol. The summed E-state index contributed by atoms with van der Waals surface area (Å²) in [6.45, 7) is -0.727. The molecule has 1 aliphatic carbocycles. The van der Waals surface area contributed by atoms with Gasteiger partial charge in [0.15, 0.2) is 0 Å². The highest BCUT2D eigenvalue weighted by atomic mass is 16.5. The number of aliphatic hydroxyl groups excluding tert-OH is 1. The number of benzene rings is 2. The molecule has 2 atom stereocenters. The standard InChI is InChI=1S/C24H24N4O6/c29-11-21(23(31)32)27-22(30)20(9-14-10-25-13-26-14)28-24(33)34-12-19-17-7-3-1-5-15(17)16-6-2-4-8-18(16)19/h1-8,10,13,19-21,29H,9,11-12H2,(H,25,26)(H,27,30)(H,28,33)(H,31,32)/t20-,21+/m1/s1. The van der Waals surface area contributed by atoms with Crippen molar-refractivity contribution in [2.75, 3.05) is 13.2 Å². The quantitative estimate of drug-likeness (QED) is 0.321. The number of aliphatic carboxylic acids is 1. The normalized spacial score (nSPS) is 13.9. The zero-order valence-electron chi connectivity index (χ0n) is 18.1. The van der Waals surface area contributed by atoms with Gasteiger partial charge in [0.2, 0.25) is 5.91 Å². The number of H-pyrrole nitrogens is 1. The maximum Gasteiger partial charge on any atom is 0.407 e. The smallest absolute Gasteiger partial charge is 0.407 e. The molecule has 10 nitrogen and oxygen atoms in total. The number of fused-ring (bicyclic) bond motifs is 3. The van der Waals surface area contributed by atoms with E-state index in [2.05, 4.69) is 20.6 Å². The molecule has 0 aliphatic heterocycles. The van der Waals surface area contributed by atoms with Gasteiger partial charge < -0.3 is 30.6 Å². The molecule has 0 radical (unpaired) electrons. The third kappa shape index (κ3) is 4.91. The van der Waals surface area contributed by atoms with E-state index >= 15 is 0 Å². The summed E-state index contributed by atoms with van der Waals surface area (Å²) in [6.07, 6.45) is 2.11. The van der Waals surface area contributed by atoms with Crippen LogP contribution in [0.3, 0.4) is 0 Å². The molecule has 2 amide bonds. The third-order valence-corrected chi connectivity index (χ3v) is 5.73. The van der Waals surface area contributed by atoms with E-state index in [1.807, 2.05) is 48.5 Å². The van der Waals surface area contributed by atoms with Gasteiger partial charge in [0.05, 0.1) is 12.9 Å². The molecule has 176 valence electrons. The van der Waals surface area contributed by atoms with Crippen LogP contribution in [0.15, 0.2) is 61.1 Å². The van der Waals surface area contributed by atoms with Crippen LogP contribution in [0.2, 0.25) is 0 Å². The molecule has 0 spiro atoms. The molecule has 0 saturated heterocycles. The Kier molecular flexibility index (Phi) is 6.88. The number of carboxylic acids is 1. The van der Waals surface area contributed by atoms with Crippen LogP contribution >= 0.6 is 0 Å². The topological polar surface area (TPSA) is 154 Å². The van der Waals surface area contributed by atoms with Crippen LogP contribution in [0.4, 0.5) is 4.79 Å². The zero-order valence-corrected chi connectivity index (χ0v) is 18.1. The number of nitrogens with one attached hydrogen (secondary N) is 3. The Morgan fingerprint density at radius 3 is 2.21 bits per heavy atom. The maximum absolute atomic E-state index is 12.7. The van der Waals surface area contributed by atoms with Gasteiger partial charge in [-0.15, -0.1) is 0 Å². The molecule has 3 aromatic rings. The van der Waals surface area contributed by atoms with Gasteiger partial charge >= 0.3 is 12.1 Å². The third-order valence-electron chi connectivity index (χ3n) is 5.73. The van der Waals surface area contributed by atoms with E-state index in [4.69, 9.17) is 9.84 Å². The first-order valence-corrected chi connectivity index (χ1v) is 10.7. The van der Waals surface area contributed by atoms with Gasteiger partial charge in [-0.05, 0) is 22.3 Å². The number of imidazole rings is 1. The fraction of sp³-hybridized carbons (Fsp3) is 0.250. The number of aliphatic hydroxyl groups is 1. The lowest BCUT2D eigenvalue weighted by atomic mass is 9.98. The molecule has 1 aromatic heterocycles. The Morgan fingerprint density at radius 2 is 1.65 bits per heavy atom. The molecule has 1 aliphatic rings. The second-order valence-electron chi connectivity index (χ2n) is 7.89. The van der Waals surface area contributed by atoms with Crippen molar-refractivity contribution < 1.29 is 29.3 Å². The minimum atomic E-state index is -1.50. The van der Waals surface area contributed by atoms with E-state index in [0.29, 0.717) is 5.69 Å². The van der Waals surface area contributed by atoms with Crippen LogP contribution in [-0.2, 0) is 20.7 Å². The van der Waals surface area contributed by atoms with Crippen LogP contribution in [0.25, 0.3) is 11.1 Å². The first-order chi connectivity index (χ1) is 16.5. The molecule has 34 heavy (non-hydrogen) atoms. The van der Waals surface area contributed by atoms with Crippen LogP contribution in [0.1, 0.15) is 22.7 Å². The monoisotopic (exact) mass is 464 g/mol. The van der Waals surface area contributed by atoms with E-state index in [-0.39, 0.29) is 18.9 Å². The van der Waals surface area contributed by atoms with Gasteiger partial charge in [-0.2, -0.15) is 0 Å². The predicted octanol–water partition coefficient (Wildman–Crippen LogP) is 1.42. The summed E-state index contributed by atoms with van der Waals surface area (Å²) in [5, 5.41) is 23.0. The minimum absolute atomic E-state index is 0.0216. The van der Waals surface area contributed by atoms with Crippen molar-refractivity contribution in [3.05, 3.63) is 77.9 Å².